The average molecular weight is 408 g/mol. The molecule has 6 nitrogen and oxygen atoms in total. The number of para-hydroxylation sites is 1. The highest BCUT2D eigenvalue weighted by atomic mass is 16.5. The minimum atomic E-state index is 0.104. The molecule has 3 unspecified atom stereocenters. The van der Waals surface area contributed by atoms with Crippen LogP contribution < -0.4 is 10.1 Å². The third-order valence-corrected chi connectivity index (χ3v) is 6.57. The van der Waals surface area contributed by atoms with Crippen LogP contribution in [0.15, 0.2) is 48.5 Å². The van der Waals surface area contributed by atoms with Gasteiger partial charge >= 0.3 is 0 Å². The van der Waals surface area contributed by atoms with E-state index < -0.39 is 0 Å². The lowest BCUT2D eigenvalue weighted by Crippen LogP contribution is -2.64. The monoisotopic (exact) mass is 407 g/mol. The van der Waals surface area contributed by atoms with E-state index in [9.17, 15) is 9.59 Å². The maximum atomic E-state index is 12.8. The Kier molecular flexibility index (Phi) is 6.04. The van der Waals surface area contributed by atoms with E-state index >= 15 is 0 Å². The first kappa shape index (κ1) is 20.4. The van der Waals surface area contributed by atoms with Gasteiger partial charge in [-0.3, -0.25) is 14.5 Å². The molecule has 1 N–H and O–H groups in total. The van der Waals surface area contributed by atoms with E-state index in [4.69, 9.17) is 4.74 Å². The van der Waals surface area contributed by atoms with Crippen molar-refractivity contribution in [3.05, 3.63) is 59.7 Å². The molecule has 3 heterocycles. The van der Waals surface area contributed by atoms with Crippen LogP contribution in [0.3, 0.4) is 0 Å². The lowest BCUT2D eigenvalue weighted by molar-refractivity contribution is -0.154. The van der Waals surface area contributed by atoms with E-state index in [1.807, 2.05) is 36.4 Å². The van der Waals surface area contributed by atoms with Crippen LogP contribution in [-0.4, -0.2) is 54.9 Å². The number of hydrogen-bond donors (Lipinski definition) is 1. The molecular weight excluding hydrogens is 378 g/mol. The zero-order valence-electron chi connectivity index (χ0n) is 17.6. The van der Waals surface area contributed by atoms with Crippen molar-refractivity contribution >= 4 is 18.0 Å². The number of hydrogen-bond acceptors (Lipinski definition) is 4. The zero-order chi connectivity index (χ0) is 21.1. The third-order valence-electron chi connectivity index (χ3n) is 6.57. The molecule has 0 aliphatic carbocycles. The van der Waals surface area contributed by atoms with Gasteiger partial charge in [-0.1, -0.05) is 30.3 Å². The minimum absolute atomic E-state index is 0.104. The van der Waals surface area contributed by atoms with Crippen LogP contribution in [0.2, 0.25) is 0 Å². The summed E-state index contributed by atoms with van der Waals surface area (Å²) in [6.07, 6.45) is 4.92. The number of benzene rings is 2. The van der Waals surface area contributed by atoms with Gasteiger partial charge in [-0.25, -0.2) is 0 Å². The lowest BCUT2D eigenvalue weighted by Gasteiger charge is -2.54. The van der Waals surface area contributed by atoms with Gasteiger partial charge in [-0.05, 0) is 56.5 Å². The molecule has 2 amide bonds. The number of amides is 2. The fraction of sp³-hybridized carbons (Fsp3) is 0.417. The highest BCUT2D eigenvalue weighted by molar-refractivity contribution is 5.84. The van der Waals surface area contributed by atoms with Gasteiger partial charge in [0.05, 0.1) is 19.2 Å². The number of ether oxygens (including phenoxy) is 1. The smallest absolute Gasteiger partial charge is 0.240 e. The van der Waals surface area contributed by atoms with Crippen molar-refractivity contribution in [3.8, 4) is 5.75 Å². The molecule has 158 valence electrons. The summed E-state index contributed by atoms with van der Waals surface area (Å²) in [6.45, 7) is 0.831. The molecule has 5 rings (SSSR count). The fourth-order valence-corrected chi connectivity index (χ4v) is 5.15. The minimum Gasteiger partial charge on any atom is -0.496 e. The van der Waals surface area contributed by atoms with Crippen molar-refractivity contribution in [1.29, 1.82) is 0 Å². The standard InChI is InChI=1S/C17H22N2O2.C7H7NO/c1-18-13-6-4-7-14(18)17(20)19-10-9-11-12(16(13)19)5-3-8-15(11)21-2;9-6-8-7-4-2-1-3-5-7/h3,5,8,13-14,16H,4,6-7,9-10H2,1-2H3;1-6H,(H,8,9). The summed E-state index contributed by atoms with van der Waals surface area (Å²) in [4.78, 5) is 27.1. The van der Waals surface area contributed by atoms with Crippen molar-refractivity contribution in [1.82, 2.24) is 9.80 Å². The SMILES string of the molecule is COc1cccc2c1CCN1C(=O)C3CCCC(C21)N3C.O=CNc1ccccc1. The van der Waals surface area contributed by atoms with E-state index in [2.05, 4.69) is 34.3 Å². The van der Waals surface area contributed by atoms with Gasteiger partial charge in [0.15, 0.2) is 0 Å². The first-order valence-corrected chi connectivity index (χ1v) is 10.6. The van der Waals surface area contributed by atoms with Crippen molar-refractivity contribution in [2.24, 2.45) is 0 Å². The number of fused-ring (bicyclic) bond motifs is 6. The van der Waals surface area contributed by atoms with E-state index in [-0.39, 0.29) is 12.1 Å². The molecule has 0 spiro atoms. The Bertz CT molecular complexity index is 902. The van der Waals surface area contributed by atoms with Gasteiger partial charge in [0, 0.05) is 23.8 Å². The van der Waals surface area contributed by atoms with Crippen LogP contribution in [0.5, 0.6) is 5.75 Å². The maximum Gasteiger partial charge on any atom is 0.240 e. The van der Waals surface area contributed by atoms with E-state index in [1.165, 1.54) is 17.5 Å². The molecule has 2 bridgehead atoms. The number of piperidine rings is 1. The molecule has 0 aromatic heterocycles. The molecule has 2 aromatic rings. The second kappa shape index (κ2) is 8.88. The second-order valence-electron chi connectivity index (χ2n) is 8.06. The van der Waals surface area contributed by atoms with Gasteiger partial charge < -0.3 is 15.0 Å². The molecule has 2 saturated heterocycles. The average Bonchev–Trinajstić information content (AvgIpc) is 2.78. The molecule has 3 aliphatic rings. The highest BCUT2D eigenvalue weighted by Gasteiger charge is 2.49. The number of carbonyl (C=O) groups is 2. The summed E-state index contributed by atoms with van der Waals surface area (Å²) in [5.41, 5.74) is 3.42. The van der Waals surface area contributed by atoms with Gasteiger partial charge in [0.25, 0.3) is 0 Å². The summed E-state index contributed by atoms with van der Waals surface area (Å²) in [7, 11) is 3.86. The zero-order valence-corrected chi connectivity index (χ0v) is 17.6. The van der Waals surface area contributed by atoms with Gasteiger partial charge in [0.1, 0.15) is 5.75 Å². The number of methoxy groups -OCH3 is 1. The molecular formula is C24H29N3O3. The number of likely N-dealkylation sites (N-methyl/N-ethyl adjacent to an activating group) is 1. The molecule has 30 heavy (non-hydrogen) atoms. The van der Waals surface area contributed by atoms with E-state index in [1.54, 1.807) is 7.11 Å². The molecule has 2 aromatic carbocycles. The Balaban J connectivity index is 0.000000204. The normalized spacial score (nSPS) is 24.7. The highest BCUT2D eigenvalue weighted by Crippen LogP contribution is 2.45. The second-order valence-corrected chi connectivity index (χ2v) is 8.06. The number of nitrogens with zero attached hydrogens (tertiary/aromatic N) is 2. The Morgan fingerprint density at radius 3 is 2.63 bits per heavy atom. The number of nitrogens with one attached hydrogen (secondary N) is 1. The lowest BCUT2D eigenvalue weighted by atomic mass is 9.79. The van der Waals surface area contributed by atoms with Crippen LogP contribution in [-0.2, 0) is 16.0 Å². The van der Waals surface area contributed by atoms with Gasteiger partial charge in [-0.15, -0.1) is 0 Å². The summed E-state index contributed by atoms with van der Waals surface area (Å²) in [5, 5.41) is 2.53. The van der Waals surface area contributed by atoms with Crippen molar-refractivity contribution < 1.29 is 14.3 Å². The van der Waals surface area contributed by atoms with Crippen molar-refractivity contribution in [2.75, 3.05) is 26.0 Å². The Hall–Kier alpha value is -2.86. The van der Waals surface area contributed by atoms with Crippen molar-refractivity contribution in [3.63, 3.8) is 0 Å². The van der Waals surface area contributed by atoms with Crippen LogP contribution in [0, 0.1) is 0 Å². The largest absolute Gasteiger partial charge is 0.496 e. The predicted octanol–water partition coefficient (Wildman–Crippen LogP) is 3.24. The number of rotatable bonds is 3. The Morgan fingerprint density at radius 2 is 1.90 bits per heavy atom. The molecule has 3 aliphatic heterocycles. The molecule has 0 radical (unpaired) electrons. The Labute approximate surface area is 177 Å². The quantitative estimate of drug-likeness (QED) is 0.794. The predicted molar refractivity (Wildman–Crippen MR) is 116 cm³/mol. The molecule has 0 saturated carbocycles. The number of anilines is 1. The molecule has 2 fully saturated rings. The van der Waals surface area contributed by atoms with Crippen LogP contribution in [0.4, 0.5) is 5.69 Å². The van der Waals surface area contributed by atoms with Crippen LogP contribution >= 0.6 is 0 Å². The molecule has 6 heteroatoms. The summed E-state index contributed by atoms with van der Waals surface area (Å²) < 4.78 is 5.53. The van der Waals surface area contributed by atoms with Crippen LogP contribution in [0.25, 0.3) is 0 Å². The number of carbonyl (C=O) groups excluding carboxylic acids is 2. The summed E-state index contributed by atoms with van der Waals surface area (Å²) in [5.74, 6) is 1.30. The Morgan fingerprint density at radius 1 is 1.10 bits per heavy atom. The number of piperazine rings is 1. The third kappa shape index (κ3) is 3.67. The summed E-state index contributed by atoms with van der Waals surface area (Å²) >= 11 is 0. The molecule has 3 atom stereocenters. The first-order chi connectivity index (χ1) is 14.7. The maximum absolute atomic E-state index is 12.8. The summed E-state index contributed by atoms with van der Waals surface area (Å²) in [6, 6.07) is 16.3. The van der Waals surface area contributed by atoms with Gasteiger partial charge in [0.2, 0.25) is 12.3 Å². The van der Waals surface area contributed by atoms with E-state index in [0.717, 1.165) is 37.2 Å². The first-order valence-electron chi connectivity index (χ1n) is 10.6. The van der Waals surface area contributed by atoms with E-state index in [0.29, 0.717) is 18.4 Å². The topological polar surface area (TPSA) is 61.9 Å². The van der Waals surface area contributed by atoms with Crippen LogP contribution in [0.1, 0.15) is 36.4 Å². The van der Waals surface area contributed by atoms with Gasteiger partial charge in [-0.2, -0.15) is 0 Å². The fourth-order valence-electron chi connectivity index (χ4n) is 5.15. The van der Waals surface area contributed by atoms with Crippen molar-refractivity contribution in [2.45, 2.75) is 43.8 Å².